The highest BCUT2D eigenvalue weighted by molar-refractivity contribution is 7.99. The van der Waals surface area contributed by atoms with Crippen molar-refractivity contribution in [3.05, 3.63) is 23.8 Å². The Morgan fingerprint density at radius 1 is 1.36 bits per heavy atom. The molecule has 1 fully saturated rings. The van der Waals surface area contributed by atoms with Crippen LogP contribution in [0.5, 0.6) is 0 Å². The summed E-state index contributed by atoms with van der Waals surface area (Å²) in [5.74, 6) is 2.99. The first-order valence-corrected chi connectivity index (χ1v) is 8.91. The zero-order valence-corrected chi connectivity index (χ0v) is 13.3. The highest BCUT2D eigenvalue weighted by Gasteiger charge is 2.17. The van der Waals surface area contributed by atoms with Gasteiger partial charge in [-0.3, -0.25) is 4.79 Å². The van der Waals surface area contributed by atoms with Crippen molar-refractivity contribution in [1.29, 1.82) is 0 Å². The van der Waals surface area contributed by atoms with Crippen LogP contribution in [0.15, 0.2) is 18.2 Å². The van der Waals surface area contributed by atoms with Gasteiger partial charge in [0.2, 0.25) is 5.91 Å². The molecule has 5 nitrogen and oxygen atoms in total. The Labute approximate surface area is 134 Å². The molecule has 6 heteroatoms. The van der Waals surface area contributed by atoms with E-state index < -0.39 is 0 Å². The van der Waals surface area contributed by atoms with Crippen molar-refractivity contribution in [3.8, 4) is 0 Å². The molecule has 1 atom stereocenters. The van der Waals surface area contributed by atoms with Crippen molar-refractivity contribution >= 4 is 35.1 Å². The number of rotatable bonds is 3. The van der Waals surface area contributed by atoms with Gasteiger partial charge in [-0.05, 0) is 60.4 Å². The summed E-state index contributed by atoms with van der Waals surface area (Å²) in [4.78, 5) is 23.5. The van der Waals surface area contributed by atoms with Gasteiger partial charge in [0.05, 0.1) is 0 Å². The molecule has 0 bridgehead atoms. The molecule has 2 heterocycles. The fourth-order valence-electron chi connectivity index (χ4n) is 2.81. The van der Waals surface area contributed by atoms with Crippen LogP contribution in [0, 0.1) is 5.92 Å². The molecule has 2 aliphatic rings. The minimum absolute atomic E-state index is 0.0617. The molecule has 1 aromatic rings. The molecule has 1 aromatic carbocycles. The molecule has 118 valence electrons. The number of fused-ring (bicyclic) bond motifs is 1. The van der Waals surface area contributed by atoms with Gasteiger partial charge in [0.1, 0.15) is 0 Å². The number of anilines is 2. The fourth-order valence-corrected chi connectivity index (χ4v) is 4.09. The number of urea groups is 1. The summed E-state index contributed by atoms with van der Waals surface area (Å²) in [7, 11) is 0. The van der Waals surface area contributed by atoms with E-state index in [1.807, 2.05) is 30.0 Å². The third-order valence-corrected chi connectivity index (χ3v) is 5.29. The first-order valence-electron chi connectivity index (χ1n) is 7.76. The Kier molecular flexibility index (Phi) is 4.87. The topological polar surface area (TPSA) is 70.2 Å². The van der Waals surface area contributed by atoms with E-state index in [1.54, 1.807) is 0 Å². The van der Waals surface area contributed by atoms with E-state index in [2.05, 4.69) is 16.0 Å². The van der Waals surface area contributed by atoms with Gasteiger partial charge in [0.15, 0.2) is 0 Å². The molecule has 0 spiro atoms. The number of nitrogens with one attached hydrogen (secondary N) is 3. The zero-order chi connectivity index (χ0) is 15.4. The van der Waals surface area contributed by atoms with E-state index in [0.717, 1.165) is 42.1 Å². The van der Waals surface area contributed by atoms with Gasteiger partial charge in [-0.2, -0.15) is 11.8 Å². The summed E-state index contributed by atoms with van der Waals surface area (Å²) in [6.45, 7) is 0.736. The normalized spacial score (nSPS) is 20.7. The molecule has 3 N–H and O–H groups in total. The van der Waals surface area contributed by atoms with Crippen molar-refractivity contribution in [3.63, 3.8) is 0 Å². The lowest BCUT2D eigenvalue weighted by molar-refractivity contribution is -0.116. The van der Waals surface area contributed by atoms with Gasteiger partial charge < -0.3 is 16.0 Å². The van der Waals surface area contributed by atoms with Crippen LogP contribution in [0.2, 0.25) is 0 Å². The average Bonchev–Trinajstić information content (AvgIpc) is 2.94. The van der Waals surface area contributed by atoms with Crippen LogP contribution in [0.25, 0.3) is 0 Å². The second kappa shape index (κ2) is 7.05. The molecule has 3 rings (SSSR count). The maximum absolute atomic E-state index is 12.0. The first kappa shape index (κ1) is 15.2. The maximum atomic E-state index is 12.0. The number of aryl methyl sites for hydroxylation is 1. The molecule has 0 aliphatic carbocycles. The molecule has 0 radical (unpaired) electrons. The molecule has 0 saturated carbocycles. The lowest BCUT2D eigenvalue weighted by atomic mass is 10.1. The number of carbonyl (C=O) groups excluding carboxylic acids is 2. The Hall–Kier alpha value is -1.69. The number of hydrogen-bond acceptors (Lipinski definition) is 3. The van der Waals surface area contributed by atoms with E-state index in [-0.39, 0.29) is 11.9 Å². The van der Waals surface area contributed by atoms with E-state index in [9.17, 15) is 9.59 Å². The summed E-state index contributed by atoms with van der Waals surface area (Å²) >= 11 is 1.95. The summed E-state index contributed by atoms with van der Waals surface area (Å²) in [5, 5.41) is 8.71. The van der Waals surface area contributed by atoms with Crippen LogP contribution in [0.4, 0.5) is 16.2 Å². The van der Waals surface area contributed by atoms with E-state index in [0.29, 0.717) is 12.3 Å². The minimum atomic E-state index is -0.158. The van der Waals surface area contributed by atoms with Crippen LogP contribution in [0.3, 0.4) is 0 Å². The van der Waals surface area contributed by atoms with Gasteiger partial charge in [0, 0.05) is 24.3 Å². The smallest absolute Gasteiger partial charge is 0.319 e. The van der Waals surface area contributed by atoms with Crippen molar-refractivity contribution in [1.82, 2.24) is 5.32 Å². The highest BCUT2D eigenvalue weighted by Crippen LogP contribution is 2.25. The van der Waals surface area contributed by atoms with Gasteiger partial charge in [0.25, 0.3) is 0 Å². The molecular weight excluding hydrogens is 298 g/mol. The van der Waals surface area contributed by atoms with E-state index in [4.69, 9.17) is 0 Å². The maximum Gasteiger partial charge on any atom is 0.319 e. The summed E-state index contributed by atoms with van der Waals surface area (Å²) in [5.41, 5.74) is 2.71. The third-order valence-electron chi connectivity index (χ3n) is 4.06. The zero-order valence-electron chi connectivity index (χ0n) is 12.5. The lowest BCUT2D eigenvalue weighted by Gasteiger charge is -2.13. The Morgan fingerprint density at radius 2 is 2.27 bits per heavy atom. The number of thioether (sulfide) groups is 1. The fraction of sp³-hybridized carbons (Fsp3) is 0.500. The summed E-state index contributed by atoms with van der Waals surface area (Å²) in [6, 6.07) is 5.48. The van der Waals surface area contributed by atoms with Gasteiger partial charge in [-0.1, -0.05) is 0 Å². The number of carbonyl (C=O) groups is 2. The molecule has 3 amide bonds. The van der Waals surface area contributed by atoms with E-state index in [1.165, 1.54) is 12.2 Å². The van der Waals surface area contributed by atoms with E-state index >= 15 is 0 Å². The van der Waals surface area contributed by atoms with Crippen LogP contribution in [0.1, 0.15) is 24.8 Å². The summed E-state index contributed by atoms with van der Waals surface area (Å²) in [6.07, 6.45) is 3.43. The second-order valence-corrected chi connectivity index (χ2v) is 6.99. The van der Waals surface area contributed by atoms with Crippen LogP contribution in [-0.2, 0) is 11.2 Å². The van der Waals surface area contributed by atoms with Gasteiger partial charge in [-0.25, -0.2) is 4.79 Å². The standard InChI is InChI=1S/C16H21N3O2S/c20-15-3-1-2-12-8-13(4-5-14(12)19-15)18-16(21)17-9-11-6-7-22-10-11/h4-5,8,11H,1-3,6-7,9-10H2,(H,19,20)(H2,17,18,21)/t11-/m0/s1. The van der Waals surface area contributed by atoms with Crippen molar-refractivity contribution < 1.29 is 9.59 Å². The van der Waals surface area contributed by atoms with Crippen LogP contribution < -0.4 is 16.0 Å². The predicted molar refractivity (Wildman–Crippen MR) is 90.5 cm³/mol. The van der Waals surface area contributed by atoms with Gasteiger partial charge >= 0.3 is 6.03 Å². The quantitative estimate of drug-likeness (QED) is 0.802. The van der Waals surface area contributed by atoms with Crippen molar-refractivity contribution in [2.45, 2.75) is 25.7 Å². The largest absolute Gasteiger partial charge is 0.338 e. The monoisotopic (exact) mass is 319 g/mol. The average molecular weight is 319 g/mol. The molecule has 0 aromatic heterocycles. The number of amides is 3. The minimum Gasteiger partial charge on any atom is -0.338 e. The third kappa shape index (κ3) is 3.94. The number of benzene rings is 1. The highest BCUT2D eigenvalue weighted by atomic mass is 32.2. The predicted octanol–water partition coefficient (Wildman–Crippen LogP) is 2.84. The molecule has 22 heavy (non-hydrogen) atoms. The molecule has 1 saturated heterocycles. The molecular formula is C16H21N3O2S. The second-order valence-electron chi connectivity index (χ2n) is 5.84. The molecule has 0 unspecified atom stereocenters. The Morgan fingerprint density at radius 3 is 3.09 bits per heavy atom. The number of hydrogen-bond donors (Lipinski definition) is 3. The summed E-state index contributed by atoms with van der Waals surface area (Å²) < 4.78 is 0. The lowest BCUT2D eigenvalue weighted by Crippen LogP contribution is -2.33. The van der Waals surface area contributed by atoms with Crippen LogP contribution >= 0.6 is 11.8 Å². The first-order chi connectivity index (χ1) is 10.7. The van der Waals surface area contributed by atoms with Gasteiger partial charge in [-0.15, -0.1) is 0 Å². The molecule has 2 aliphatic heterocycles. The van der Waals surface area contributed by atoms with Crippen LogP contribution in [-0.4, -0.2) is 30.0 Å². The van der Waals surface area contributed by atoms with Crippen molar-refractivity contribution in [2.75, 3.05) is 28.7 Å². The Bertz CT molecular complexity index is 571. The van der Waals surface area contributed by atoms with Crippen molar-refractivity contribution in [2.24, 2.45) is 5.92 Å². The Balaban J connectivity index is 1.57. The SMILES string of the molecule is O=C1CCCc2cc(NC(=O)NC[C@@H]3CCSC3)ccc2N1.